The average Bonchev–Trinajstić information content (AvgIpc) is 2.48. The second-order valence-corrected chi connectivity index (χ2v) is 4.74. The molecule has 3 rings (SSSR count). The summed E-state index contributed by atoms with van der Waals surface area (Å²) in [5.74, 6) is 0.532. The topological polar surface area (TPSA) is 50.4 Å². The summed E-state index contributed by atoms with van der Waals surface area (Å²) in [4.78, 5) is 11.8. The van der Waals surface area contributed by atoms with Gasteiger partial charge in [0.15, 0.2) is 0 Å². The molecule has 0 aromatic heterocycles. The molecule has 4 nitrogen and oxygen atoms in total. The van der Waals surface area contributed by atoms with E-state index in [1.165, 1.54) is 11.1 Å². The summed E-state index contributed by atoms with van der Waals surface area (Å²) in [6, 6.07) is 15.0. The highest BCUT2D eigenvalue weighted by molar-refractivity contribution is 5.86. The third-order valence-corrected chi connectivity index (χ3v) is 3.29. The Balaban J connectivity index is 1.67. The number of ether oxygens (including phenoxy) is 1. The normalized spacial score (nSPS) is 13.4. The Morgan fingerprint density at radius 2 is 1.95 bits per heavy atom. The van der Waals surface area contributed by atoms with Crippen LogP contribution in [0.15, 0.2) is 48.5 Å². The maximum atomic E-state index is 11.8. The van der Waals surface area contributed by atoms with Crippen LogP contribution < -0.4 is 15.4 Å². The van der Waals surface area contributed by atoms with Crippen molar-refractivity contribution in [1.82, 2.24) is 5.32 Å². The lowest BCUT2D eigenvalue weighted by Gasteiger charge is -2.18. The van der Waals surface area contributed by atoms with Crippen molar-refractivity contribution in [2.24, 2.45) is 0 Å². The molecular formula is C16H16N2O2. The Morgan fingerprint density at radius 1 is 1.10 bits per heavy atom. The largest absolute Gasteiger partial charge is 0.417 e. The van der Waals surface area contributed by atoms with Crippen molar-refractivity contribution in [3.63, 3.8) is 0 Å². The highest BCUT2D eigenvalue weighted by Gasteiger charge is 2.10. The molecule has 1 aliphatic rings. The number of rotatable bonds is 2. The third kappa shape index (κ3) is 2.97. The summed E-state index contributed by atoms with van der Waals surface area (Å²) >= 11 is 0. The van der Waals surface area contributed by atoms with Gasteiger partial charge in [0.1, 0.15) is 5.75 Å². The zero-order chi connectivity index (χ0) is 13.8. The van der Waals surface area contributed by atoms with E-state index in [1.807, 2.05) is 30.3 Å². The molecule has 0 bridgehead atoms. The summed E-state index contributed by atoms with van der Waals surface area (Å²) in [6.45, 7) is 1.86. The first-order chi connectivity index (χ1) is 9.81. The molecule has 1 heterocycles. The minimum Gasteiger partial charge on any atom is -0.410 e. The van der Waals surface area contributed by atoms with Crippen LogP contribution in [-0.2, 0) is 13.0 Å². The van der Waals surface area contributed by atoms with Crippen molar-refractivity contribution in [2.45, 2.75) is 13.0 Å². The van der Waals surface area contributed by atoms with Gasteiger partial charge in [-0.1, -0.05) is 24.3 Å². The Bertz CT molecular complexity index is 611. The Hall–Kier alpha value is -2.33. The number of hydrogen-bond acceptors (Lipinski definition) is 3. The van der Waals surface area contributed by atoms with Gasteiger partial charge in [0, 0.05) is 12.2 Å². The van der Waals surface area contributed by atoms with Gasteiger partial charge >= 0.3 is 6.09 Å². The molecule has 2 aromatic rings. The van der Waals surface area contributed by atoms with Crippen LogP contribution >= 0.6 is 0 Å². The van der Waals surface area contributed by atoms with Gasteiger partial charge in [0.05, 0.1) is 0 Å². The average molecular weight is 268 g/mol. The Labute approximate surface area is 117 Å². The van der Waals surface area contributed by atoms with Crippen LogP contribution in [0.3, 0.4) is 0 Å². The molecular weight excluding hydrogens is 252 g/mol. The minimum atomic E-state index is -0.472. The van der Waals surface area contributed by atoms with Crippen molar-refractivity contribution < 1.29 is 9.53 Å². The van der Waals surface area contributed by atoms with Crippen LogP contribution in [0, 0.1) is 0 Å². The molecule has 1 aliphatic heterocycles. The van der Waals surface area contributed by atoms with Crippen molar-refractivity contribution in [3.05, 3.63) is 59.7 Å². The number of nitrogens with one attached hydrogen (secondary N) is 2. The predicted molar refractivity (Wildman–Crippen MR) is 77.9 cm³/mol. The van der Waals surface area contributed by atoms with E-state index in [1.54, 1.807) is 12.1 Å². The van der Waals surface area contributed by atoms with Gasteiger partial charge in [0.2, 0.25) is 0 Å². The molecule has 0 atom stereocenters. The van der Waals surface area contributed by atoms with E-state index < -0.39 is 6.09 Å². The fourth-order valence-corrected chi connectivity index (χ4v) is 2.30. The number of para-hydroxylation sites is 1. The van der Waals surface area contributed by atoms with Crippen molar-refractivity contribution in [3.8, 4) is 5.75 Å². The van der Waals surface area contributed by atoms with Crippen LogP contribution in [0.4, 0.5) is 10.5 Å². The van der Waals surface area contributed by atoms with Gasteiger partial charge in [-0.2, -0.15) is 0 Å². The molecule has 4 heteroatoms. The van der Waals surface area contributed by atoms with E-state index in [-0.39, 0.29) is 0 Å². The van der Waals surface area contributed by atoms with Crippen molar-refractivity contribution in [2.75, 3.05) is 11.9 Å². The monoisotopic (exact) mass is 268 g/mol. The van der Waals surface area contributed by atoms with E-state index in [2.05, 4.69) is 16.7 Å². The summed E-state index contributed by atoms with van der Waals surface area (Å²) in [5.41, 5.74) is 3.33. The number of benzene rings is 2. The fraction of sp³-hybridized carbons (Fsp3) is 0.188. The number of amides is 1. The lowest BCUT2D eigenvalue weighted by atomic mass is 10.0. The van der Waals surface area contributed by atoms with Crippen LogP contribution in [0.5, 0.6) is 5.75 Å². The van der Waals surface area contributed by atoms with E-state index in [9.17, 15) is 4.79 Å². The molecule has 0 fully saturated rings. The van der Waals surface area contributed by atoms with Crippen molar-refractivity contribution >= 4 is 11.8 Å². The highest BCUT2D eigenvalue weighted by atomic mass is 16.6. The van der Waals surface area contributed by atoms with E-state index in [0.29, 0.717) is 5.75 Å². The van der Waals surface area contributed by atoms with E-state index in [0.717, 1.165) is 25.2 Å². The Morgan fingerprint density at radius 3 is 2.80 bits per heavy atom. The van der Waals surface area contributed by atoms with E-state index >= 15 is 0 Å². The number of carbonyl (C=O) groups is 1. The van der Waals surface area contributed by atoms with Gasteiger partial charge in [0.25, 0.3) is 0 Å². The molecule has 0 unspecified atom stereocenters. The quantitative estimate of drug-likeness (QED) is 0.880. The Kier molecular flexibility index (Phi) is 3.65. The zero-order valence-corrected chi connectivity index (χ0v) is 11.1. The first kappa shape index (κ1) is 12.7. The predicted octanol–water partition coefficient (Wildman–Crippen LogP) is 2.94. The summed E-state index contributed by atoms with van der Waals surface area (Å²) < 4.78 is 5.20. The summed E-state index contributed by atoms with van der Waals surface area (Å²) in [6.07, 6.45) is 0.560. The SMILES string of the molecule is O=C(Nc1ccc2c(c1)CNCC2)Oc1ccccc1. The second kappa shape index (κ2) is 5.75. The molecule has 2 aromatic carbocycles. The lowest BCUT2D eigenvalue weighted by Crippen LogP contribution is -2.24. The highest BCUT2D eigenvalue weighted by Crippen LogP contribution is 2.19. The molecule has 0 saturated carbocycles. The van der Waals surface area contributed by atoms with Crippen LogP contribution in [0.25, 0.3) is 0 Å². The second-order valence-electron chi connectivity index (χ2n) is 4.74. The van der Waals surface area contributed by atoms with Crippen molar-refractivity contribution in [1.29, 1.82) is 0 Å². The van der Waals surface area contributed by atoms with Crippen LogP contribution in [0.2, 0.25) is 0 Å². The summed E-state index contributed by atoms with van der Waals surface area (Å²) in [7, 11) is 0. The fourth-order valence-electron chi connectivity index (χ4n) is 2.30. The standard InChI is InChI=1S/C16H16N2O2/c19-16(20-15-4-2-1-3-5-15)18-14-7-6-12-8-9-17-11-13(12)10-14/h1-7,10,17H,8-9,11H2,(H,18,19). The minimum absolute atomic E-state index is 0.472. The van der Waals surface area contributed by atoms with Gasteiger partial charge < -0.3 is 10.1 Å². The molecule has 0 saturated heterocycles. The van der Waals surface area contributed by atoms with Crippen LogP contribution in [-0.4, -0.2) is 12.6 Å². The first-order valence-electron chi connectivity index (χ1n) is 6.68. The molecule has 0 radical (unpaired) electrons. The third-order valence-electron chi connectivity index (χ3n) is 3.29. The molecule has 1 amide bonds. The first-order valence-corrected chi connectivity index (χ1v) is 6.68. The maximum Gasteiger partial charge on any atom is 0.417 e. The molecule has 20 heavy (non-hydrogen) atoms. The summed E-state index contributed by atoms with van der Waals surface area (Å²) in [5, 5.41) is 6.07. The van der Waals surface area contributed by atoms with Gasteiger partial charge in [-0.3, -0.25) is 5.32 Å². The molecule has 102 valence electrons. The van der Waals surface area contributed by atoms with Gasteiger partial charge in [-0.15, -0.1) is 0 Å². The maximum absolute atomic E-state index is 11.8. The van der Waals surface area contributed by atoms with Gasteiger partial charge in [-0.25, -0.2) is 4.79 Å². The van der Waals surface area contributed by atoms with E-state index in [4.69, 9.17) is 4.74 Å². The smallest absolute Gasteiger partial charge is 0.410 e. The van der Waals surface area contributed by atoms with Gasteiger partial charge in [-0.05, 0) is 48.4 Å². The number of anilines is 1. The molecule has 0 spiro atoms. The molecule has 2 N–H and O–H groups in total. The number of hydrogen-bond donors (Lipinski definition) is 2. The number of carbonyl (C=O) groups excluding carboxylic acids is 1. The molecule has 0 aliphatic carbocycles. The van der Waals surface area contributed by atoms with Crippen LogP contribution in [0.1, 0.15) is 11.1 Å². The number of fused-ring (bicyclic) bond motifs is 1. The zero-order valence-electron chi connectivity index (χ0n) is 11.1. The lowest BCUT2D eigenvalue weighted by molar-refractivity contribution is 0.215.